The highest BCUT2D eigenvalue weighted by molar-refractivity contribution is 8.21. The molecular weight excluding hydrogens is 372 g/mol. The number of rotatable bonds is 3. The first kappa shape index (κ1) is 18.4. The predicted octanol–water partition coefficient (Wildman–Crippen LogP) is 5.10. The van der Waals surface area contributed by atoms with Crippen LogP contribution in [-0.4, -0.2) is 37.6 Å². The third-order valence-electron chi connectivity index (χ3n) is 7.56. The van der Waals surface area contributed by atoms with Crippen molar-refractivity contribution in [1.82, 2.24) is 0 Å². The lowest BCUT2D eigenvalue weighted by Gasteiger charge is -2.58. The Balaban J connectivity index is 1.84. The SMILES string of the molecule is C[C@H]1[C@@H]2CC(=O)C(C)(C)[C@@H]3[C@H]1C1(C[C@@](C)(SCCS)[C@H]23)SCCS1. The Kier molecular flexibility index (Phi) is 4.64. The quantitative estimate of drug-likeness (QED) is 0.661. The lowest BCUT2D eigenvalue weighted by molar-refractivity contribution is -0.138. The monoisotopic (exact) mass is 402 g/mol. The fourth-order valence-corrected chi connectivity index (χ4v) is 12.7. The van der Waals surface area contributed by atoms with E-state index in [4.69, 9.17) is 0 Å². The highest BCUT2D eigenvalue weighted by Crippen LogP contribution is 2.76. The van der Waals surface area contributed by atoms with Gasteiger partial charge in [-0.1, -0.05) is 27.7 Å². The maximum atomic E-state index is 12.9. The summed E-state index contributed by atoms with van der Waals surface area (Å²) in [5.74, 6) is 8.51. The minimum absolute atomic E-state index is 0.142. The van der Waals surface area contributed by atoms with Gasteiger partial charge in [-0.25, -0.2) is 0 Å². The Morgan fingerprint density at radius 1 is 1.17 bits per heavy atom. The number of Topliss-reactive ketones (excluding diaryl/α,β-unsaturated/α-hetero) is 1. The Hall–Kier alpha value is 1.07. The highest BCUT2D eigenvalue weighted by atomic mass is 32.2. The van der Waals surface area contributed by atoms with Crippen LogP contribution in [0.5, 0.6) is 0 Å². The van der Waals surface area contributed by atoms with Crippen molar-refractivity contribution < 1.29 is 4.79 Å². The van der Waals surface area contributed by atoms with Crippen LogP contribution in [0.4, 0.5) is 0 Å². The first-order valence-electron chi connectivity index (χ1n) is 9.33. The number of hydrogen-bond acceptors (Lipinski definition) is 5. The molecule has 5 heteroatoms. The molecule has 1 heterocycles. The van der Waals surface area contributed by atoms with Gasteiger partial charge in [0, 0.05) is 33.8 Å². The number of hydrogen-bond donors (Lipinski definition) is 1. The number of fused-ring (bicyclic) bond motifs is 1. The van der Waals surface area contributed by atoms with Gasteiger partial charge in [-0.15, -0.1) is 23.5 Å². The van der Waals surface area contributed by atoms with Gasteiger partial charge in [-0.3, -0.25) is 4.79 Å². The van der Waals surface area contributed by atoms with Crippen molar-refractivity contribution in [2.75, 3.05) is 23.0 Å². The predicted molar refractivity (Wildman–Crippen MR) is 114 cm³/mol. The summed E-state index contributed by atoms with van der Waals surface area (Å²) >= 11 is 11.1. The lowest BCUT2D eigenvalue weighted by Crippen LogP contribution is -2.58. The molecule has 0 aromatic rings. The molecule has 0 aromatic carbocycles. The van der Waals surface area contributed by atoms with Gasteiger partial charge in [-0.2, -0.15) is 24.4 Å². The first-order valence-corrected chi connectivity index (χ1v) is 12.9. The maximum Gasteiger partial charge on any atom is 0.139 e. The van der Waals surface area contributed by atoms with E-state index in [1.54, 1.807) is 0 Å². The molecule has 0 unspecified atom stereocenters. The van der Waals surface area contributed by atoms with Gasteiger partial charge in [0.25, 0.3) is 0 Å². The molecule has 3 aliphatic carbocycles. The van der Waals surface area contributed by atoms with Crippen LogP contribution in [-0.2, 0) is 4.79 Å². The molecule has 136 valence electrons. The van der Waals surface area contributed by atoms with Crippen molar-refractivity contribution in [2.45, 2.75) is 49.4 Å². The van der Waals surface area contributed by atoms with Crippen molar-refractivity contribution in [2.24, 2.45) is 35.0 Å². The molecule has 1 saturated heterocycles. The molecule has 1 aliphatic heterocycles. The van der Waals surface area contributed by atoms with Gasteiger partial charge in [0.1, 0.15) is 5.78 Å². The second-order valence-corrected chi connectivity index (χ2v) is 14.2. The second kappa shape index (κ2) is 6.04. The number of thioether (sulfide) groups is 3. The number of carbonyl (C=O) groups is 1. The van der Waals surface area contributed by atoms with E-state index in [2.05, 4.69) is 75.6 Å². The van der Waals surface area contributed by atoms with E-state index in [9.17, 15) is 4.79 Å². The van der Waals surface area contributed by atoms with E-state index in [1.807, 2.05) is 0 Å². The van der Waals surface area contributed by atoms with Crippen LogP contribution in [0.1, 0.15) is 40.5 Å². The summed E-state index contributed by atoms with van der Waals surface area (Å²) in [6.07, 6.45) is 2.15. The summed E-state index contributed by atoms with van der Waals surface area (Å²) in [4.78, 5) is 12.9. The minimum atomic E-state index is -0.142. The summed E-state index contributed by atoms with van der Waals surface area (Å²) < 4.78 is 0.664. The molecule has 0 N–H and O–H groups in total. The number of ketones is 1. The van der Waals surface area contributed by atoms with E-state index in [0.717, 1.165) is 23.8 Å². The number of carbonyl (C=O) groups excluding carboxylic acids is 1. The van der Waals surface area contributed by atoms with E-state index in [1.165, 1.54) is 17.9 Å². The molecule has 0 aromatic heterocycles. The summed E-state index contributed by atoms with van der Waals surface area (Å²) in [5, 5.41) is 0. The normalized spacial score (nSPS) is 48.2. The standard InChI is InChI=1S/C19H30OS4/c1-11-12-9-13(20)17(2,3)16-14(11)19(23-7-8-24-19)10-18(4,15(12)16)22-6-5-21/h11-12,14-16,21H,5-10H2,1-4H3/t11-,12-,14-,15+,16+,18+/m0/s1. The van der Waals surface area contributed by atoms with E-state index >= 15 is 0 Å². The largest absolute Gasteiger partial charge is 0.299 e. The zero-order valence-corrected chi connectivity index (χ0v) is 18.6. The summed E-state index contributed by atoms with van der Waals surface area (Å²) in [6.45, 7) is 9.54. The zero-order chi connectivity index (χ0) is 17.3. The van der Waals surface area contributed by atoms with Crippen molar-refractivity contribution in [1.29, 1.82) is 0 Å². The Morgan fingerprint density at radius 2 is 1.83 bits per heavy atom. The molecule has 6 atom stereocenters. The highest BCUT2D eigenvalue weighted by Gasteiger charge is 2.73. The molecule has 4 fully saturated rings. The van der Waals surface area contributed by atoms with Crippen molar-refractivity contribution in [3.63, 3.8) is 0 Å². The molecule has 0 amide bonds. The van der Waals surface area contributed by atoms with Gasteiger partial charge >= 0.3 is 0 Å². The van der Waals surface area contributed by atoms with Gasteiger partial charge in [-0.05, 0) is 41.8 Å². The molecule has 4 aliphatic rings. The van der Waals surface area contributed by atoms with Crippen LogP contribution >= 0.6 is 47.9 Å². The van der Waals surface area contributed by atoms with Crippen molar-refractivity contribution in [3.8, 4) is 0 Å². The molecule has 0 radical (unpaired) electrons. The van der Waals surface area contributed by atoms with Crippen LogP contribution < -0.4 is 0 Å². The molecule has 3 saturated carbocycles. The van der Waals surface area contributed by atoms with Gasteiger partial charge in [0.15, 0.2) is 0 Å². The van der Waals surface area contributed by atoms with Gasteiger partial charge in [0.05, 0.1) is 4.08 Å². The summed E-state index contributed by atoms with van der Waals surface area (Å²) in [6, 6.07) is 0. The van der Waals surface area contributed by atoms with Crippen LogP contribution in [0.25, 0.3) is 0 Å². The molecule has 1 spiro atoms. The summed E-state index contributed by atoms with van der Waals surface area (Å²) in [5.41, 5.74) is -0.142. The van der Waals surface area contributed by atoms with Crippen molar-refractivity contribution >= 4 is 53.7 Å². The molecule has 1 nitrogen and oxygen atoms in total. The average molecular weight is 403 g/mol. The lowest BCUT2D eigenvalue weighted by atomic mass is 9.55. The maximum absolute atomic E-state index is 12.9. The Morgan fingerprint density at radius 3 is 2.46 bits per heavy atom. The van der Waals surface area contributed by atoms with Crippen LogP contribution in [0.3, 0.4) is 0 Å². The van der Waals surface area contributed by atoms with E-state index < -0.39 is 0 Å². The van der Waals surface area contributed by atoms with Crippen molar-refractivity contribution in [3.05, 3.63) is 0 Å². The van der Waals surface area contributed by atoms with E-state index in [-0.39, 0.29) is 5.41 Å². The minimum Gasteiger partial charge on any atom is -0.299 e. The van der Waals surface area contributed by atoms with Gasteiger partial charge < -0.3 is 0 Å². The molecular formula is C19H30OS4. The fraction of sp³-hybridized carbons (Fsp3) is 0.947. The fourth-order valence-electron chi connectivity index (χ4n) is 6.71. The average Bonchev–Trinajstić information content (AvgIpc) is 3.05. The first-order chi connectivity index (χ1) is 11.3. The second-order valence-electron chi connectivity index (χ2n) is 9.02. The van der Waals surface area contributed by atoms with Gasteiger partial charge in [0.2, 0.25) is 0 Å². The zero-order valence-electron chi connectivity index (χ0n) is 15.2. The molecule has 24 heavy (non-hydrogen) atoms. The van der Waals surface area contributed by atoms with Crippen LogP contribution in [0.2, 0.25) is 0 Å². The van der Waals surface area contributed by atoms with Crippen LogP contribution in [0, 0.1) is 35.0 Å². The summed E-state index contributed by atoms with van der Waals surface area (Å²) in [7, 11) is 0. The smallest absolute Gasteiger partial charge is 0.139 e. The third-order valence-corrected chi connectivity index (χ3v) is 13.2. The Labute approximate surface area is 165 Å². The molecule has 4 bridgehead atoms. The van der Waals surface area contributed by atoms with E-state index in [0.29, 0.717) is 38.3 Å². The molecule has 4 rings (SSSR count). The van der Waals surface area contributed by atoms with Crippen LogP contribution in [0.15, 0.2) is 0 Å². The third kappa shape index (κ3) is 2.36. The number of thiol groups is 1. The Bertz CT molecular complexity index is 541. The topological polar surface area (TPSA) is 17.1 Å².